The van der Waals surface area contributed by atoms with Gasteiger partial charge in [0.1, 0.15) is 0 Å². The molecule has 1 nitrogen and oxygen atoms in total. The van der Waals surface area contributed by atoms with E-state index in [0.29, 0.717) is 0 Å². The van der Waals surface area contributed by atoms with Gasteiger partial charge in [0.15, 0.2) is 5.78 Å². The zero-order valence-corrected chi connectivity index (χ0v) is 12.1. The van der Waals surface area contributed by atoms with Crippen LogP contribution in [0, 0.1) is 0 Å². The molecule has 0 saturated carbocycles. The van der Waals surface area contributed by atoms with Crippen LogP contribution in [0.15, 0.2) is 60.7 Å². The van der Waals surface area contributed by atoms with E-state index in [1.807, 2.05) is 18.2 Å². The first-order chi connectivity index (χ1) is 9.70. The van der Waals surface area contributed by atoms with Crippen LogP contribution in [0.5, 0.6) is 0 Å². The molecule has 0 aliphatic heterocycles. The maximum absolute atomic E-state index is 11.3. The molecule has 1 heteroatoms. The molecular weight excluding hydrogens is 244 g/mol. The highest BCUT2D eigenvalue weighted by atomic mass is 16.1. The van der Waals surface area contributed by atoms with Crippen molar-refractivity contribution >= 4 is 11.4 Å². The summed E-state index contributed by atoms with van der Waals surface area (Å²) in [6.07, 6.45) is 3.73. The van der Waals surface area contributed by atoms with E-state index in [1.165, 1.54) is 11.1 Å². The molecule has 20 heavy (non-hydrogen) atoms. The summed E-state index contributed by atoms with van der Waals surface area (Å²) in [5.74, 6) is 0.112. The van der Waals surface area contributed by atoms with Crippen LogP contribution < -0.4 is 0 Å². The summed E-state index contributed by atoms with van der Waals surface area (Å²) >= 11 is 0. The second-order valence-electron chi connectivity index (χ2n) is 4.97. The lowest BCUT2D eigenvalue weighted by molar-refractivity contribution is -0.112. The van der Waals surface area contributed by atoms with E-state index in [-0.39, 0.29) is 5.78 Å². The van der Waals surface area contributed by atoms with Gasteiger partial charge in [0.05, 0.1) is 0 Å². The second kappa shape index (κ2) is 6.85. The highest BCUT2D eigenvalue weighted by Crippen LogP contribution is 2.24. The molecule has 0 unspecified atom stereocenters. The number of allylic oxidation sites excluding steroid dienone is 2. The van der Waals surface area contributed by atoms with Crippen molar-refractivity contribution in [1.29, 1.82) is 0 Å². The van der Waals surface area contributed by atoms with Gasteiger partial charge in [-0.2, -0.15) is 0 Å². The molecule has 0 heterocycles. The van der Waals surface area contributed by atoms with Gasteiger partial charge >= 0.3 is 0 Å². The van der Waals surface area contributed by atoms with E-state index in [9.17, 15) is 4.79 Å². The zero-order chi connectivity index (χ0) is 14.4. The number of hydrogen-bond acceptors (Lipinski definition) is 1. The Labute approximate surface area is 121 Å². The average molecular weight is 264 g/mol. The Kier molecular flexibility index (Phi) is 4.89. The Balaban J connectivity index is 2.29. The van der Waals surface area contributed by atoms with Crippen LogP contribution in [0.25, 0.3) is 16.7 Å². The molecule has 0 spiro atoms. The van der Waals surface area contributed by atoms with Crippen LogP contribution in [0.2, 0.25) is 0 Å². The lowest BCUT2D eigenvalue weighted by Gasteiger charge is -2.08. The summed E-state index contributed by atoms with van der Waals surface area (Å²) < 4.78 is 0. The van der Waals surface area contributed by atoms with E-state index in [1.54, 1.807) is 13.0 Å². The summed E-state index contributed by atoms with van der Waals surface area (Å²) in [6.45, 7) is 3.74. The van der Waals surface area contributed by atoms with Crippen molar-refractivity contribution in [2.24, 2.45) is 0 Å². The average Bonchev–Trinajstić information content (AvgIpc) is 2.47. The molecule has 0 radical (unpaired) electrons. The van der Waals surface area contributed by atoms with Crippen molar-refractivity contribution in [2.75, 3.05) is 0 Å². The standard InChI is InChI=1S/C19H20O/c1-3-7-19(14-15(2)20)18-12-10-17(11-13-18)16-8-5-4-6-9-16/h4-6,8-14H,3,7H2,1-2H3/b19-14-. The van der Waals surface area contributed by atoms with Crippen molar-refractivity contribution in [2.45, 2.75) is 26.7 Å². The Morgan fingerprint density at radius 3 is 2.10 bits per heavy atom. The summed E-state index contributed by atoms with van der Waals surface area (Å²) in [7, 11) is 0. The maximum atomic E-state index is 11.3. The van der Waals surface area contributed by atoms with Gasteiger partial charge in [0.2, 0.25) is 0 Å². The number of carbonyl (C=O) groups excluding carboxylic acids is 1. The highest BCUT2D eigenvalue weighted by Gasteiger charge is 2.03. The van der Waals surface area contributed by atoms with E-state index in [2.05, 4.69) is 43.3 Å². The Morgan fingerprint density at radius 1 is 0.950 bits per heavy atom. The highest BCUT2D eigenvalue weighted by molar-refractivity contribution is 5.95. The fourth-order valence-corrected chi connectivity index (χ4v) is 2.32. The molecule has 0 aromatic heterocycles. The molecule has 0 saturated heterocycles. The molecule has 0 N–H and O–H groups in total. The van der Waals surface area contributed by atoms with Crippen molar-refractivity contribution in [3.63, 3.8) is 0 Å². The molecule has 0 aliphatic carbocycles. The topological polar surface area (TPSA) is 17.1 Å². The minimum Gasteiger partial charge on any atom is -0.295 e. The van der Waals surface area contributed by atoms with Gasteiger partial charge in [-0.05, 0) is 41.7 Å². The third-order valence-corrected chi connectivity index (χ3v) is 3.26. The zero-order valence-electron chi connectivity index (χ0n) is 12.1. The van der Waals surface area contributed by atoms with Gasteiger partial charge in [-0.25, -0.2) is 0 Å². The molecule has 0 aliphatic rings. The minimum atomic E-state index is 0.112. The van der Waals surface area contributed by atoms with E-state index >= 15 is 0 Å². The molecule has 0 fully saturated rings. The summed E-state index contributed by atoms with van der Waals surface area (Å²) in [4.78, 5) is 11.3. The van der Waals surface area contributed by atoms with Gasteiger partial charge < -0.3 is 0 Å². The first-order valence-corrected chi connectivity index (χ1v) is 7.07. The predicted octanol–water partition coefficient (Wildman–Crippen LogP) is 5.13. The lowest BCUT2D eigenvalue weighted by Crippen LogP contribution is -1.90. The molecule has 2 aromatic rings. The van der Waals surface area contributed by atoms with Crippen LogP contribution in [0.3, 0.4) is 0 Å². The van der Waals surface area contributed by atoms with Crippen LogP contribution in [-0.4, -0.2) is 5.78 Å². The van der Waals surface area contributed by atoms with Gasteiger partial charge in [-0.1, -0.05) is 67.9 Å². The minimum absolute atomic E-state index is 0.112. The maximum Gasteiger partial charge on any atom is 0.152 e. The van der Waals surface area contributed by atoms with Crippen molar-refractivity contribution < 1.29 is 4.79 Å². The summed E-state index contributed by atoms with van der Waals surface area (Å²) in [5, 5.41) is 0. The molecule has 2 aromatic carbocycles. The van der Waals surface area contributed by atoms with Crippen LogP contribution in [0.4, 0.5) is 0 Å². The molecule has 0 bridgehead atoms. The quantitative estimate of drug-likeness (QED) is 0.684. The summed E-state index contributed by atoms with van der Waals surface area (Å²) in [6, 6.07) is 18.8. The van der Waals surface area contributed by atoms with Crippen LogP contribution in [0.1, 0.15) is 32.3 Å². The third kappa shape index (κ3) is 3.67. The SMILES string of the molecule is CCC/C(=C/C(C)=O)c1ccc(-c2ccccc2)cc1. The van der Waals surface area contributed by atoms with E-state index < -0.39 is 0 Å². The predicted molar refractivity (Wildman–Crippen MR) is 85.4 cm³/mol. The van der Waals surface area contributed by atoms with Gasteiger partial charge in [0, 0.05) is 0 Å². The van der Waals surface area contributed by atoms with Crippen LogP contribution in [-0.2, 0) is 4.79 Å². The fourth-order valence-electron chi connectivity index (χ4n) is 2.32. The first-order valence-electron chi connectivity index (χ1n) is 7.07. The summed E-state index contributed by atoms with van der Waals surface area (Å²) in [5.41, 5.74) is 4.68. The number of carbonyl (C=O) groups is 1. The van der Waals surface area contributed by atoms with Crippen LogP contribution >= 0.6 is 0 Å². The lowest BCUT2D eigenvalue weighted by atomic mass is 9.97. The first kappa shape index (κ1) is 14.3. The Bertz CT molecular complexity index is 591. The largest absolute Gasteiger partial charge is 0.295 e. The van der Waals surface area contributed by atoms with E-state index in [4.69, 9.17) is 0 Å². The fraction of sp³-hybridized carbons (Fsp3) is 0.211. The van der Waals surface area contributed by atoms with E-state index in [0.717, 1.165) is 24.0 Å². The van der Waals surface area contributed by atoms with Gasteiger partial charge in [-0.3, -0.25) is 4.79 Å². The smallest absolute Gasteiger partial charge is 0.152 e. The number of rotatable bonds is 5. The van der Waals surface area contributed by atoms with Crippen molar-refractivity contribution in [1.82, 2.24) is 0 Å². The van der Waals surface area contributed by atoms with Crippen molar-refractivity contribution in [3.8, 4) is 11.1 Å². The van der Waals surface area contributed by atoms with Gasteiger partial charge in [0.25, 0.3) is 0 Å². The number of hydrogen-bond donors (Lipinski definition) is 0. The molecule has 0 amide bonds. The Morgan fingerprint density at radius 2 is 1.55 bits per heavy atom. The third-order valence-electron chi connectivity index (χ3n) is 3.26. The molecule has 102 valence electrons. The molecule has 2 rings (SSSR count). The number of ketones is 1. The van der Waals surface area contributed by atoms with Crippen molar-refractivity contribution in [3.05, 3.63) is 66.2 Å². The monoisotopic (exact) mass is 264 g/mol. The van der Waals surface area contributed by atoms with Gasteiger partial charge in [-0.15, -0.1) is 0 Å². The second-order valence-corrected chi connectivity index (χ2v) is 4.97. The number of benzene rings is 2. The normalized spacial score (nSPS) is 11.4. The molecular formula is C19H20O. The Hall–Kier alpha value is -2.15. The molecule has 0 atom stereocenters.